The molecular formula is C19H20F2N2O3. The number of carbonyl (C=O) groups is 1. The first-order chi connectivity index (χ1) is 12.5. The monoisotopic (exact) mass is 362 g/mol. The number of amides is 1. The van der Waals surface area contributed by atoms with E-state index in [1.165, 1.54) is 6.07 Å². The molecule has 1 amide bonds. The van der Waals surface area contributed by atoms with E-state index in [1.807, 2.05) is 36.1 Å². The molecule has 5 nitrogen and oxygen atoms in total. The summed E-state index contributed by atoms with van der Waals surface area (Å²) in [6.45, 7) is 3.48. The molecule has 1 unspecified atom stereocenters. The molecule has 1 aliphatic rings. The molecule has 1 N–H and O–H groups in total. The number of hydrogen-bond acceptors (Lipinski definition) is 4. The predicted octanol–water partition coefficient (Wildman–Crippen LogP) is 3.07. The van der Waals surface area contributed by atoms with Crippen LogP contribution in [0.15, 0.2) is 42.5 Å². The van der Waals surface area contributed by atoms with E-state index >= 15 is 0 Å². The Balaban J connectivity index is 1.55. The van der Waals surface area contributed by atoms with E-state index in [1.54, 1.807) is 0 Å². The summed E-state index contributed by atoms with van der Waals surface area (Å²) in [6, 6.07) is 10.5. The zero-order valence-corrected chi connectivity index (χ0v) is 14.4. The molecule has 7 heteroatoms. The Morgan fingerprint density at radius 3 is 2.73 bits per heavy atom. The molecule has 1 atom stereocenters. The molecule has 26 heavy (non-hydrogen) atoms. The van der Waals surface area contributed by atoms with Gasteiger partial charge in [-0.25, -0.2) is 8.78 Å². The Morgan fingerprint density at radius 2 is 2.00 bits per heavy atom. The highest BCUT2D eigenvalue weighted by molar-refractivity contribution is 5.92. The van der Waals surface area contributed by atoms with Gasteiger partial charge in [0.05, 0.1) is 12.2 Å². The number of carbonyl (C=O) groups excluding carboxylic acids is 1. The second-order valence-corrected chi connectivity index (χ2v) is 6.00. The molecule has 0 aliphatic carbocycles. The largest absolute Gasteiger partial charge is 0.486 e. The van der Waals surface area contributed by atoms with Crippen LogP contribution >= 0.6 is 0 Å². The first-order valence-corrected chi connectivity index (χ1v) is 8.41. The van der Waals surface area contributed by atoms with Crippen LogP contribution in [0.2, 0.25) is 0 Å². The predicted molar refractivity (Wildman–Crippen MR) is 93.5 cm³/mol. The smallest absolute Gasteiger partial charge is 0.238 e. The number of para-hydroxylation sites is 2. The normalized spacial score (nSPS) is 15.8. The topological polar surface area (TPSA) is 50.8 Å². The van der Waals surface area contributed by atoms with Gasteiger partial charge in [0, 0.05) is 12.6 Å². The van der Waals surface area contributed by atoms with Crippen molar-refractivity contribution in [3.8, 4) is 11.5 Å². The van der Waals surface area contributed by atoms with E-state index in [9.17, 15) is 13.6 Å². The van der Waals surface area contributed by atoms with E-state index < -0.39 is 11.6 Å². The summed E-state index contributed by atoms with van der Waals surface area (Å²) in [6.07, 6.45) is -0.208. The third-order valence-electron chi connectivity index (χ3n) is 4.05. The first-order valence-electron chi connectivity index (χ1n) is 8.41. The molecule has 1 aliphatic heterocycles. The van der Waals surface area contributed by atoms with E-state index in [0.717, 1.165) is 12.1 Å². The molecule has 0 saturated heterocycles. The van der Waals surface area contributed by atoms with Crippen LogP contribution in [0.5, 0.6) is 11.5 Å². The maximum absolute atomic E-state index is 13.6. The van der Waals surface area contributed by atoms with Crippen molar-refractivity contribution in [3.63, 3.8) is 0 Å². The lowest BCUT2D eigenvalue weighted by Gasteiger charge is -2.30. The molecule has 0 bridgehead atoms. The third-order valence-corrected chi connectivity index (χ3v) is 4.05. The van der Waals surface area contributed by atoms with Crippen molar-refractivity contribution in [2.75, 3.05) is 31.6 Å². The average Bonchev–Trinajstić information content (AvgIpc) is 2.63. The van der Waals surface area contributed by atoms with Crippen LogP contribution in [0.1, 0.15) is 6.92 Å². The van der Waals surface area contributed by atoms with Gasteiger partial charge in [-0.2, -0.15) is 0 Å². The number of ether oxygens (including phenoxy) is 2. The van der Waals surface area contributed by atoms with Crippen molar-refractivity contribution in [3.05, 3.63) is 54.1 Å². The molecule has 0 fully saturated rings. The highest BCUT2D eigenvalue weighted by atomic mass is 19.1. The fraction of sp³-hybridized carbons (Fsp3) is 0.316. The zero-order valence-electron chi connectivity index (χ0n) is 14.4. The van der Waals surface area contributed by atoms with Gasteiger partial charge < -0.3 is 14.8 Å². The van der Waals surface area contributed by atoms with Gasteiger partial charge in [0.2, 0.25) is 5.91 Å². The van der Waals surface area contributed by atoms with Crippen molar-refractivity contribution in [1.82, 2.24) is 4.90 Å². The molecule has 138 valence electrons. The Labute approximate surface area is 150 Å². The Hall–Kier alpha value is -2.67. The summed E-state index contributed by atoms with van der Waals surface area (Å²) >= 11 is 0. The van der Waals surface area contributed by atoms with Crippen molar-refractivity contribution in [2.45, 2.75) is 13.0 Å². The lowest BCUT2D eigenvalue weighted by Crippen LogP contribution is -2.43. The van der Waals surface area contributed by atoms with Crippen LogP contribution in [-0.4, -0.2) is 43.2 Å². The molecule has 2 aromatic rings. The Bertz CT molecular complexity index is 785. The van der Waals surface area contributed by atoms with Crippen LogP contribution in [0.3, 0.4) is 0 Å². The minimum absolute atomic E-state index is 0.0429. The number of nitrogens with zero attached hydrogens (tertiary/aromatic N) is 1. The van der Waals surface area contributed by atoms with Crippen LogP contribution in [0, 0.1) is 11.6 Å². The van der Waals surface area contributed by atoms with Gasteiger partial charge >= 0.3 is 0 Å². The number of anilines is 1. The number of rotatable bonds is 6. The highest BCUT2D eigenvalue weighted by Gasteiger charge is 2.23. The van der Waals surface area contributed by atoms with Crippen molar-refractivity contribution < 1.29 is 23.0 Å². The van der Waals surface area contributed by atoms with Gasteiger partial charge in [0.15, 0.2) is 11.5 Å². The quantitative estimate of drug-likeness (QED) is 0.858. The number of nitrogens with one attached hydrogen (secondary N) is 1. The number of hydrogen-bond donors (Lipinski definition) is 1. The van der Waals surface area contributed by atoms with Crippen LogP contribution in [0.25, 0.3) is 0 Å². The maximum Gasteiger partial charge on any atom is 0.238 e. The molecule has 0 saturated carbocycles. The average molecular weight is 362 g/mol. The summed E-state index contributed by atoms with van der Waals surface area (Å²) in [4.78, 5) is 14.0. The van der Waals surface area contributed by atoms with Crippen molar-refractivity contribution >= 4 is 11.6 Å². The number of halogens is 2. The Kier molecular flexibility index (Phi) is 5.68. The molecule has 3 rings (SSSR count). The van der Waals surface area contributed by atoms with E-state index in [-0.39, 0.29) is 24.2 Å². The lowest BCUT2D eigenvalue weighted by molar-refractivity contribution is -0.117. The molecule has 2 aromatic carbocycles. The third kappa shape index (κ3) is 4.49. The van der Waals surface area contributed by atoms with Crippen molar-refractivity contribution in [2.24, 2.45) is 0 Å². The maximum atomic E-state index is 13.6. The fourth-order valence-electron chi connectivity index (χ4n) is 2.73. The molecular weight excluding hydrogens is 342 g/mol. The molecule has 0 radical (unpaired) electrons. The van der Waals surface area contributed by atoms with E-state index in [0.29, 0.717) is 31.2 Å². The van der Waals surface area contributed by atoms with Crippen LogP contribution in [0.4, 0.5) is 14.5 Å². The van der Waals surface area contributed by atoms with Gasteiger partial charge in [-0.3, -0.25) is 9.69 Å². The van der Waals surface area contributed by atoms with Gasteiger partial charge in [0.25, 0.3) is 0 Å². The van der Waals surface area contributed by atoms with Gasteiger partial charge in [-0.1, -0.05) is 19.1 Å². The van der Waals surface area contributed by atoms with Crippen molar-refractivity contribution in [1.29, 1.82) is 0 Å². The summed E-state index contributed by atoms with van der Waals surface area (Å²) in [5, 5.41) is 2.46. The minimum atomic E-state index is -0.804. The minimum Gasteiger partial charge on any atom is -0.486 e. The summed E-state index contributed by atoms with van der Waals surface area (Å²) in [5.41, 5.74) is -0.0429. The zero-order chi connectivity index (χ0) is 18.5. The first kappa shape index (κ1) is 18.1. The molecule has 0 aromatic heterocycles. The number of likely N-dealkylation sites (N-methyl/N-ethyl adjacent to an activating group) is 1. The number of fused-ring (bicyclic) bond motifs is 1. The standard InChI is InChI=1S/C19H20F2N2O3/c1-2-23(10-14-12-25-17-5-3-4-6-18(17)26-14)11-19(24)22-16-8-7-13(20)9-15(16)21/h3-9,14H,2,10-12H2,1H3,(H,22,24). The highest BCUT2D eigenvalue weighted by Crippen LogP contribution is 2.31. The van der Waals surface area contributed by atoms with Crippen LogP contribution in [-0.2, 0) is 4.79 Å². The summed E-state index contributed by atoms with van der Waals surface area (Å²) in [7, 11) is 0. The second-order valence-electron chi connectivity index (χ2n) is 6.00. The van der Waals surface area contributed by atoms with Crippen LogP contribution < -0.4 is 14.8 Å². The fourth-order valence-corrected chi connectivity index (χ4v) is 2.73. The number of benzene rings is 2. The van der Waals surface area contributed by atoms with E-state index in [2.05, 4.69) is 5.32 Å². The van der Waals surface area contributed by atoms with Gasteiger partial charge in [0.1, 0.15) is 24.3 Å². The second kappa shape index (κ2) is 8.14. The summed E-state index contributed by atoms with van der Waals surface area (Å²) in [5.74, 6) is -0.490. The van der Waals surface area contributed by atoms with E-state index in [4.69, 9.17) is 9.47 Å². The van der Waals surface area contributed by atoms with Gasteiger partial charge in [-0.05, 0) is 30.8 Å². The SMILES string of the molecule is CCN(CC(=O)Nc1ccc(F)cc1F)CC1COc2ccccc2O1. The molecule has 0 spiro atoms. The molecule has 1 heterocycles. The van der Waals surface area contributed by atoms with Gasteiger partial charge in [-0.15, -0.1) is 0 Å². The summed E-state index contributed by atoms with van der Waals surface area (Å²) < 4.78 is 38.1. The Morgan fingerprint density at radius 1 is 1.23 bits per heavy atom. The lowest BCUT2D eigenvalue weighted by atomic mass is 10.2.